The van der Waals surface area contributed by atoms with Gasteiger partial charge >= 0.3 is 5.97 Å². The summed E-state index contributed by atoms with van der Waals surface area (Å²) in [5, 5.41) is 17.9. The Balaban J connectivity index is 4.03. The van der Waals surface area contributed by atoms with Crippen LogP contribution in [0.4, 0.5) is 0 Å². The third kappa shape index (κ3) is 3.19. The van der Waals surface area contributed by atoms with Crippen molar-refractivity contribution >= 4 is 5.97 Å². The fourth-order valence-electron chi connectivity index (χ4n) is 1.08. The summed E-state index contributed by atoms with van der Waals surface area (Å²) in [5.74, 6) is -0.930. The van der Waals surface area contributed by atoms with Crippen molar-refractivity contribution in [3.63, 3.8) is 0 Å². The molecule has 0 aromatic carbocycles. The van der Waals surface area contributed by atoms with E-state index in [0.717, 1.165) is 0 Å². The van der Waals surface area contributed by atoms with E-state index in [2.05, 4.69) is 4.74 Å². The minimum Gasteiger partial charge on any atom is -0.469 e. The maximum atomic E-state index is 11.0. The Bertz CT molecular complexity index is 135. The van der Waals surface area contributed by atoms with E-state index in [1.54, 1.807) is 6.92 Å². The molecule has 2 unspecified atom stereocenters. The predicted octanol–water partition coefficient (Wildman–Crippen LogP) is -0.0711. The number of hydrogen-bond acceptors (Lipinski definition) is 4. The van der Waals surface area contributed by atoms with Gasteiger partial charge in [0.2, 0.25) is 0 Å². The van der Waals surface area contributed by atoms with Crippen molar-refractivity contribution in [2.45, 2.75) is 25.9 Å². The van der Waals surface area contributed by atoms with Gasteiger partial charge in [-0.05, 0) is 12.8 Å². The summed E-state index contributed by atoms with van der Waals surface area (Å²) in [7, 11) is 1.29. The van der Waals surface area contributed by atoms with E-state index in [1.807, 2.05) is 0 Å². The average Bonchev–Trinajstić information content (AvgIpc) is 2.06. The number of aliphatic hydroxyl groups is 2. The molecule has 2 N–H and O–H groups in total. The van der Waals surface area contributed by atoms with Crippen LogP contribution in [0.25, 0.3) is 0 Å². The molecule has 0 fully saturated rings. The van der Waals surface area contributed by atoms with Crippen LogP contribution in [-0.4, -0.2) is 36.0 Å². The van der Waals surface area contributed by atoms with Gasteiger partial charge in [0.25, 0.3) is 0 Å². The summed E-state index contributed by atoms with van der Waals surface area (Å²) in [4.78, 5) is 11.0. The zero-order valence-electron chi connectivity index (χ0n) is 7.49. The summed E-state index contributed by atoms with van der Waals surface area (Å²) in [6, 6.07) is 0. The molecule has 0 aliphatic heterocycles. The topological polar surface area (TPSA) is 66.8 Å². The van der Waals surface area contributed by atoms with Gasteiger partial charge in [-0.2, -0.15) is 0 Å². The van der Waals surface area contributed by atoms with E-state index < -0.39 is 18.0 Å². The maximum absolute atomic E-state index is 11.0. The van der Waals surface area contributed by atoms with Gasteiger partial charge in [0, 0.05) is 6.61 Å². The number of rotatable bonds is 5. The van der Waals surface area contributed by atoms with Crippen LogP contribution in [0.1, 0.15) is 19.8 Å². The number of carbonyl (C=O) groups is 1. The smallest absolute Gasteiger partial charge is 0.311 e. The van der Waals surface area contributed by atoms with Gasteiger partial charge < -0.3 is 14.9 Å². The number of ether oxygens (including phenoxy) is 1. The lowest BCUT2D eigenvalue weighted by Gasteiger charge is -2.17. The highest BCUT2D eigenvalue weighted by Crippen LogP contribution is 2.13. The molecule has 4 heteroatoms. The van der Waals surface area contributed by atoms with Crippen molar-refractivity contribution in [1.29, 1.82) is 0 Å². The van der Waals surface area contributed by atoms with Crippen LogP contribution in [0.5, 0.6) is 0 Å². The molecule has 0 aliphatic rings. The SMILES string of the molecule is CCC(C(=O)OC)C(O)CCO. The van der Waals surface area contributed by atoms with Gasteiger partial charge in [-0.25, -0.2) is 0 Å². The Kier molecular flexibility index (Phi) is 5.66. The van der Waals surface area contributed by atoms with Crippen molar-refractivity contribution in [2.24, 2.45) is 5.92 Å². The van der Waals surface area contributed by atoms with E-state index in [9.17, 15) is 9.90 Å². The van der Waals surface area contributed by atoms with E-state index in [-0.39, 0.29) is 13.0 Å². The normalized spacial score (nSPS) is 15.3. The van der Waals surface area contributed by atoms with Crippen molar-refractivity contribution < 1.29 is 19.7 Å². The molecule has 0 radical (unpaired) electrons. The Morgan fingerprint density at radius 2 is 2.17 bits per heavy atom. The molecule has 0 aromatic heterocycles. The minimum absolute atomic E-state index is 0.116. The highest BCUT2D eigenvalue weighted by molar-refractivity contribution is 5.72. The lowest BCUT2D eigenvalue weighted by atomic mass is 9.97. The van der Waals surface area contributed by atoms with Crippen LogP contribution >= 0.6 is 0 Å². The van der Waals surface area contributed by atoms with Crippen molar-refractivity contribution in [1.82, 2.24) is 0 Å². The van der Waals surface area contributed by atoms with Crippen LogP contribution < -0.4 is 0 Å². The van der Waals surface area contributed by atoms with Crippen molar-refractivity contribution in [3.8, 4) is 0 Å². The van der Waals surface area contributed by atoms with Gasteiger partial charge in [0.15, 0.2) is 0 Å². The van der Waals surface area contributed by atoms with Crippen LogP contribution in [-0.2, 0) is 9.53 Å². The van der Waals surface area contributed by atoms with E-state index in [0.29, 0.717) is 6.42 Å². The van der Waals surface area contributed by atoms with Crippen LogP contribution in [0.2, 0.25) is 0 Å². The van der Waals surface area contributed by atoms with Crippen LogP contribution in [0, 0.1) is 5.92 Å². The number of aliphatic hydroxyl groups excluding tert-OH is 2. The minimum atomic E-state index is -0.799. The average molecular weight is 176 g/mol. The molecule has 0 spiro atoms. The molecule has 0 heterocycles. The molecule has 0 saturated carbocycles. The highest BCUT2D eigenvalue weighted by Gasteiger charge is 2.24. The number of carbonyl (C=O) groups excluding carboxylic acids is 1. The Morgan fingerprint density at radius 1 is 1.58 bits per heavy atom. The quantitative estimate of drug-likeness (QED) is 0.575. The summed E-state index contributed by atoms with van der Waals surface area (Å²) < 4.78 is 4.49. The fourth-order valence-corrected chi connectivity index (χ4v) is 1.08. The van der Waals surface area contributed by atoms with E-state index in [4.69, 9.17) is 5.11 Å². The van der Waals surface area contributed by atoms with Gasteiger partial charge in [0.1, 0.15) is 0 Å². The largest absolute Gasteiger partial charge is 0.469 e. The lowest BCUT2D eigenvalue weighted by Crippen LogP contribution is -2.29. The molecule has 0 bridgehead atoms. The molecule has 0 aromatic rings. The number of hydrogen-bond donors (Lipinski definition) is 2. The van der Waals surface area contributed by atoms with Crippen molar-refractivity contribution in [2.75, 3.05) is 13.7 Å². The molecule has 0 rings (SSSR count). The summed E-state index contributed by atoms with van der Waals surface area (Å²) in [6.07, 6.45) is -0.0611. The number of esters is 1. The molecular formula is C8H16O4. The molecule has 0 amide bonds. The zero-order chi connectivity index (χ0) is 9.56. The Labute approximate surface area is 72.2 Å². The fraction of sp³-hybridized carbons (Fsp3) is 0.875. The summed E-state index contributed by atoms with van der Waals surface area (Å²) >= 11 is 0. The second kappa shape index (κ2) is 5.97. The predicted molar refractivity (Wildman–Crippen MR) is 43.5 cm³/mol. The maximum Gasteiger partial charge on any atom is 0.311 e. The van der Waals surface area contributed by atoms with Crippen LogP contribution in [0.15, 0.2) is 0 Å². The molecule has 0 aliphatic carbocycles. The first kappa shape index (κ1) is 11.4. The summed E-state index contributed by atoms with van der Waals surface area (Å²) in [6.45, 7) is 1.68. The monoisotopic (exact) mass is 176 g/mol. The van der Waals surface area contributed by atoms with Crippen LogP contribution in [0.3, 0.4) is 0 Å². The summed E-state index contributed by atoms with van der Waals surface area (Å²) in [5.41, 5.74) is 0. The first-order valence-corrected chi connectivity index (χ1v) is 4.04. The highest BCUT2D eigenvalue weighted by atomic mass is 16.5. The molecule has 12 heavy (non-hydrogen) atoms. The second-order valence-corrected chi connectivity index (χ2v) is 2.62. The molecule has 4 nitrogen and oxygen atoms in total. The van der Waals surface area contributed by atoms with Crippen molar-refractivity contribution in [3.05, 3.63) is 0 Å². The Hall–Kier alpha value is -0.610. The van der Waals surface area contributed by atoms with Gasteiger partial charge in [-0.15, -0.1) is 0 Å². The molecule has 0 saturated heterocycles. The Morgan fingerprint density at radius 3 is 2.50 bits per heavy atom. The van der Waals surface area contributed by atoms with E-state index >= 15 is 0 Å². The second-order valence-electron chi connectivity index (χ2n) is 2.62. The first-order chi connectivity index (χ1) is 5.67. The van der Waals surface area contributed by atoms with Gasteiger partial charge in [-0.3, -0.25) is 4.79 Å². The van der Waals surface area contributed by atoms with E-state index in [1.165, 1.54) is 7.11 Å². The third-order valence-corrected chi connectivity index (χ3v) is 1.83. The molecule has 2 atom stereocenters. The number of methoxy groups -OCH3 is 1. The standard InChI is InChI=1S/C8H16O4/c1-3-6(8(11)12-2)7(10)4-5-9/h6-7,9-10H,3-5H2,1-2H3. The first-order valence-electron chi connectivity index (χ1n) is 4.04. The molecule has 72 valence electrons. The van der Waals surface area contributed by atoms with Gasteiger partial charge in [0.05, 0.1) is 19.1 Å². The van der Waals surface area contributed by atoms with Gasteiger partial charge in [-0.1, -0.05) is 6.92 Å². The zero-order valence-corrected chi connectivity index (χ0v) is 7.49. The third-order valence-electron chi connectivity index (χ3n) is 1.83. The molecular weight excluding hydrogens is 160 g/mol. The lowest BCUT2D eigenvalue weighted by molar-refractivity contribution is -0.149.